The van der Waals surface area contributed by atoms with Crippen LogP contribution in [0, 0.1) is 6.92 Å². The highest BCUT2D eigenvalue weighted by molar-refractivity contribution is 5.95. The van der Waals surface area contributed by atoms with Crippen LogP contribution in [0.5, 0.6) is 0 Å². The lowest BCUT2D eigenvalue weighted by Gasteiger charge is -2.12. The molecule has 1 heterocycles. The molecule has 0 saturated heterocycles. The van der Waals surface area contributed by atoms with Gasteiger partial charge in [-0.05, 0) is 36.2 Å². The molecular weight excluding hydrogens is 532 g/mol. The number of aryl methyl sites for hydroxylation is 1. The van der Waals surface area contributed by atoms with Crippen molar-refractivity contribution in [1.82, 2.24) is 20.3 Å². The summed E-state index contributed by atoms with van der Waals surface area (Å²) in [5.41, 5.74) is 9.96. The van der Waals surface area contributed by atoms with Crippen LogP contribution in [-0.4, -0.2) is 60.4 Å². The van der Waals surface area contributed by atoms with E-state index in [1.54, 1.807) is 18.2 Å². The summed E-state index contributed by atoms with van der Waals surface area (Å²) in [6, 6.07) is 25.4. The molecule has 0 saturated carbocycles. The highest BCUT2D eigenvalue weighted by atomic mass is 16.5. The van der Waals surface area contributed by atoms with Gasteiger partial charge in [-0.2, -0.15) is 15.0 Å². The van der Waals surface area contributed by atoms with Gasteiger partial charge in [-0.3, -0.25) is 4.79 Å². The quantitative estimate of drug-likeness (QED) is 0.118. The van der Waals surface area contributed by atoms with Gasteiger partial charge in [0.1, 0.15) is 0 Å². The molecular formula is C31H38N8O3. The van der Waals surface area contributed by atoms with E-state index in [0.29, 0.717) is 81.7 Å². The number of nitrogens with one attached hydrogen (secondary N) is 4. The number of carbonyl (C=O) groups is 1. The van der Waals surface area contributed by atoms with Gasteiger partial charge < -0.3 is 36.5 Å². The molecule has 4 aromatic rings. The van der Waals surface area contributed by atoms with Crippen molar-refractivity contribution in [1.29, 1.82) is 0 Å². The maximum absolute atomic E-state index is 12.7. The molecule has 0 fully saturated rings. The molecule has 220 valence electrons. The highest BCUT2D eigenvalue weighted by Gasteiger charge is 2.10. The normalized spacial score (nSPS) is 10.7. The van der Waals surface area contributed by atoms with Crippen molar-refractivity contribution in [3.8, 4) is 0 Å². The van der Waals surface area contributed by atoms with Gasteiger partial charge in [0.15, 0.2) is 0 Å². The summed E-state index contributed by atoms with van der Waals surface area (Å²) in [6.45, 7) is 5.85. The minimum atomic E-state index is -0.206. The van der Waals surface area contributed by atoms with Crippen molar-refractivity contribution in [2.24, 2.45) is 5.73 Å². The van der Waals surface area contributed by atoms with Crippen molar-refractivity contribution in [2.45, 2.75) is 20.0 Å². The Kier molecular flexibility index (Phi) is 12.0. The van der Waals surface area contributed by atoms with Gasteiger partial charge >= 0.3 is 0 Å². The molecule has 0 aliphatic carbocycles. The van der Waals surface area contributed by atoms with Crippen molar-refractivity contribution < 1.29 is 14.3 Å². The fraction of sp³-hybridized carbons (Fsp3) is 0.290. The summed E-state index contributed by atoms with van der Waals surface area (Å²) in [6.07, 6.45) is 0. The van der Waals surface area contributed by atoms with E-state index in [-0.39, 0.29) is 5.91 Å². The molecule has 0 aliphatic rings. The molecule has 0 atom stereocenters. The first-order chi connectivity index (χ1) is 20.6. The summed E-state index contributed by atoms with van der Waals surface area (Å²) >= 11 is 0. The van der Waals surface area contributed by atoms with Gasteiger partial charge in [-0.25, -0.2) is 0 Å². The maximum atomic E-state index is 12.7. The molecule has 0 spiro atoms. The smallest absolute Gasteiger partial charge is 0.251 e. The van der Waals surface area contributed by atoms with Gasteiger partial charge in [0.2, 0.25) is 17.8 Å². The number of benzene rings is 3. The van der Waals surface area contributed by atoms with Crippen LogP contribution in [0.25, 0.3) is 0 Å². The van der Waals surface area contributed by atoms with Crippen LogP contribution in [0.4, 0.5) is 23.5 Å². The Morgan fingerprint density at radius 1 is 0.738 bits per heavy atom. The Hall–Kier alpha value is -4.58. The molecule has 3 aromatic carbocycles. The van der Waals surface area contributed by atoms with E-state index >= 15 is 0 Å². The third-order valence-electron chi connectivity index (χ3n) is 6.05. The monoisotopic (exact) mass is 570 g/mol. The summed E-state index contributed by atoms with van der Waals surface area (Å²) in [7, 11) is 0. The first kappa shape index (κ1) is 30.4. The summed E-state index contributed by atoms with van der Waals surface area (Å²) in [4.78, 5) is 26.4. The van der Waals surface area contributed by atoms with E-state index in [1.165, 1.54) is 5.56 Å². The third kappa shape index (κ3) is 10.4. The minimum Gasteiger partial charge on any atom is -0.378 e. The van der Waals surface area contributed by atoms with E-state index in [4.69, 9.17) is 15.2 Å². The number of hydrogen-bond donors (Lipinski definition) is 5. The standard InChI is InChI=1S/C31H38N8O3/c1-23-10-12-25(13-11-23)22-35-30-37-29(34-21-24-6-3-2-4-7-24)38-31(39-30)36-27-9-5-8-26(20-27)28(40)33-15-17-42-19-18-41-16-14-32/h2-13,20H,14-19,21-22,32H2,1H3,(H,33,40)(H3,34,35,36,37,38,39). The van der Waals surface area contributed by atoms with Gasteiger partial charge in [0.25, 0.3) is 5.91 Å². The molecule has 0 aliphatic heterocycles. The first-order valence-corrected chi connectivity index (χ1v) is 13.9. The van der Waals surface area contributed by atoms with E-state index in [1.807, 2.05) is 36.4 Å². The maximum Gasteiger partial charge on any atom is 0.251 e. The topological polar surface area (TPSA) is 148 Å². The fourth-order valence-electron chi connectivity index (χ4n) is 3.87. The molecule has 11 heteroatoms. The zero-order valence-electron chi connectivity index (χ0n) is 23.8. The van der Waals surface area contributed by atoms with Gasteiger partial charge in [0, 0.05) is 37.4 Å². The molecule has 42 heavy (non-hydrogen) atoms. The number of carbonyl (C=O) groups excluding carboxylic acids is 1. The van der Waals surface area contributed by atoms with Crippen LogP contribution < -0.4 is 27.0 Å². The molecule has 1 aromatic heterocycles. The highest BCUT2D eigenvalue weighted by Crippen LogP contribution is 2.18. The van der Waals surface area contributed by atoms with Crippen LogP contribution in [0.1, 0.15) is 27.0 Å². The van der Waals surface area contributed by atoms with Gasteiger partial charge in [-0.15, -0.1) is 0 Å². The first-order valence-electron chi connectivity index (χ1n) is 13.9. The zero-order chi connectivity index (χ0) is 29.4. The van der Waals surface area contributed by atoms with Crippen LogP contribution >= 0.6 is 0 Å². The van der Waals surface area contributed by atoms with Crippen molar-refractivity contribution in [3.63, 3.8) is 0 Å². The minimum absolute atomic E-state index is 0.206. The third-order valence-corrected chi connectivity index (χ3v) is 6.05. The second-order valence-electron chi connectivity index (χ2n) is 9.46. The van der Waals surface area contributed by atoms with Crippen molar-refractivity contribution in [3.05, 3.63) is 101 Å². The summed E-state index contributed by atoms with van der Waals surface area (Å²) in [5, 5.41) is 12.6. The lowest BCUT2D eigenvalue weighted by Crippen LogP contribution is -2.27. The van der Waals surface area contributed by atoms with Crippen LogP contribution in [0.2, 0.25) is 0 Å². The number of amides is 1. The molecule has 1 amide bonds. The lowest BCUT2D eigenvalue weighted by molar-refractivity contribution is 0.0511. The van der Waals surface area contributed by atoms with Crippen molar-refractivity contribution >= 4 is 29.4 Å². The van der Waals surface area contributed by atoms with E-state index in [9.17, 15) is 4.79 Å². The number of nitrogens with two attached hydrogens (primary N) is 1. The second kappa shape index (κ2) is 16.6. The van der Waals surface area contributed by atoms with E-state index in [2.05, 4.69) is 67.4 Å². The van der Waals surface area contributed by atoms with Crippen LogP contribution in [0.3, 0.4) is 0 Å². The molecule has 4 rings (SSSR count). The average Bonchev–Trinajstić information content (AvgIpc) is 3.01. The number of nitrogens with zero attached hydrogens (tertiary/aromatic N) is 3. The summed E-state index contributed by atoms with van der Waals surface area (Å²) in [5.74, 6) is 0.980. The average molecular weight is 571 g/mol. The Bertz CT molecular complexity index is 1390. The van der Waals surface area contributed by atoms with Gasteiger partial charge in [0.05, 0.1) is 26.4 Å². The van der Waals surface area contributed by atoms with Crippen molar-refractivity contribution in [2.75, 3.05) is 55.5 Å². The number of rotatable bonds is 17. The lowest BCUT2D eigenvalue weighted by atomic mass is 10.1. The Morgan fingerprint density at radius 3 is 2.07 bits per heavy atom. The SMILES string of the molecule is Cc1ccc(CNc2nc(NCc3ccccc3)nc(Nc3cccc(C(=O)NCCOCCOCCN)c3)n2)cc1. The second-order valence-corrected chi connectivity index (χ2v) is 9.46. The number of hydrogen-bond acceptors (Lipinski definition) is 10. The van der Waals surface area contributed by atoms with E-state index in [0.717, 1.165) is 11.1 Å². The largest absolute Gasteiger partial charge is 0.378 e. The number of ether oxygens (including phenoxy) is 2. The number of anilines is 4. The number of aromatic nitrogens is 3. The molecule has 0 radical (unpaired) electrons. The summed E-state index contributed by atoms with van der Waals surface area (Å²) < 4.78 is 10.7. The Morgan fingerprint density at radius 2 is 1.38 bits per heavy atom. The molecule has 6 N–H and O–H groups in total. The predicted octanol–water partition coefficient (Wildman–Crippen LogP) is 3.87. The molecule has 0 bridgehead atoms. The van der Waals surface area contributed by atoms with E-state index < -0.39 is 0 Å². The Balaban J connectivity index is 1.39. The van der Waals surface area contributed by atoms with Crippen LogP contribution in [-0.2, 0) is 22.6 Å². The predicted molar refractivity (Wildman–Crippen MR) is 165 cm³/mol. The fourth-order valence-corrected chi connectivity index (χ4v) is 3.87. The van der Waals surface area contributed by atoms with Crippen LogP contribution in [0.15, 0.2) is 78.9 Å². The Labute approximate surface area is 246 Å². The van der Waals surface area contributed by atoms with Gasteiger partial charge in [-0.1, -0.05) is 66.2 Å². The molecule has 11 nitrogen and oxygen atoms in total. The zero-order valence-corrected chi connectivity index (χ0v) is 23.8. The molecule has 0 unspecified atom stereocenters.